The summed E-state index contributed by atoms with van der Waals surface area (Å²) < 4.78 is 5.70. The van der Waals surface area contributed by atoms with Crippen LogP contribution in [0.2, 0.25) is 0 Å². The minimum atomic E-state index is 0.756. The predicted molar refractivity (Wildman–Crippen MR) is 106 cm³/mol. The van der Waals surface area contributed by atoms with Crippen molar-refractivity contribution in [3.63, 3.8) is 0 Å². The molecule has 0 spiro atoms. The van der Waals surface area contributed by atoms with Gasteiger partial charge in [-0.2, -0.15) is 0 Å². The molecule has 3 rings (SSSR count). The molecule has 0 unspecified atom stereocenters. The standard InChI is InChI=1S/C24H24O/c1-3-5-19-6-8-20(9-7-19)10-11-21-12-13-23-18-24(25-16-4-2)15-14-22(23)17-21/h6-9,12-15,17-18H,3-5,16H2,1-2H3. The number of benzene rings is 3. The Balaban J connectivity index is 1.78. The molecule has 0 aliphatic heterocycles. The van der Waals surface area contributed by atoms with Gasteiger partial charge < -0.3 is 4.74 Å². The van der Waals surface area contributed by atoms with E-state index < -0.39 is 0 Å². The second-order valence-corrected chi connectivity index (χ2v) is 6.27. The zero-order chi connectivity index (χ0) is 17.5. The highest BCUT2D eigenvalue weighted by Gasteiger charge is 1.99. The molecule has 126 valence electrons. The van der Waals surface area contributed by atoms with Crippen LogP contribution in [0.25, 0.3) is 10.8 Å². The molecular formula is C24H24O. The lowest BCUT2D eigenvalue weighted by atomic mass is 10.1. The summed E-state index contributed by atoms with van der Waals surface area (Å²) in [6.45, 7) is 5.07. The Kier molecular flexibility index (Phi) is 5.75. The molecule has 3 aromatic carbocycles. The van der Waals surface area contributed by atoms with E-state index >= 15 is 0 Å². The van der Waals surface area contributed by atoms with Crippen LogP contribution in [-0.4, -0.2) is 6.61 Å². The fraction of sp³-hybridized carbons (Fsp3) is 0.250. The lowest BCUT2D eigenvalue weighted by molar-refractivity contribution is 0.318. The summed E-state index contributed by atoms with van der Waals surface area (Å²) in [7, 11) is 0. The molecule has 0 heterocycles. The maximum atomic E-state index is 5.70. The van der Waals surface area contributed by atoms with Crippen LogP contribution in [-0.2, 0) is 6.42 Å². The van der Waals surface area contributed by atoms with Crippen molar-refractivity contribution in [3.8, 4) is 17.6 Å². The first-order chi connectivity index (χ1) is 12.3. The quantitative estimate of drug-likeness (QED) is 0.523. The SMILES string of the molecule is CCCOc1ccc2cc(C#Cc3ccc(CCC)cc3)ccc2c1. The predicted octanol–water partition coefficient (Wildman–Crippen LogP) is 5.98. The van der Waals surface area contributed by atoms with Gasteiger partial charge in [-0.05, 0) is 65.6 Å². The fourth-order valence-electron chi connectivity index (χ4n) is 2.80. The summed E-state index contributed by atoms with van der Waals surface area (Å²) >= 11 is 0. The molecule has 0 saturated heterocycles. The zero-order valence-electron chi connectivity index (χ0n) is 15.0. The highest BCUT2D eigenvalue weighted by molar-refractivity contribution is 5.85. The Morgan fingerprint density at radius 1 is 0.720 bits per heavy atom. The van der Waals surface area contributed by atoms with Crippen LogP contribution in [0.15, 0.2) is 60.7 Å². The van der Waals surface area contributed by atoms with E-state index in [4.69, 9.17) is 4.74 Å². The van der Waals surface area contributed by atoms with Gasteiger partial charge in [0.2, 0.25) is 0 Å². The van der Waals surface area contributed by atoms with Gasteiger partial charge in [-0.1, -0.05) is 56.4 Å². The van der Waals surface area contributed by atoms with Crippen LogP contribution in [0.3, 0.4) is 0 Å². The van der Waals surface area contributed by atoms with Crippen LogP contribution >= 0.6 is 0 Å². The lowest BCUT2D eigenvalue weighted by Crippen LogP contribution is -1.94. The van der Waals surface area contributed by atoms with Gasteiger partial charge >= 0.3 is 0 Å². The first-order valence-electron chi connectivity index (χ1n) is 9.06. The minimum Gasteiger partial charge on any atom is -0.494 e. The number of fused-ring (bicyclic) bond motifs is 1. The average Bonchev–Trinajstić information content (AvgIpc) is 2.66. The second kappa shape index (κ2) is 8.40. The van der Waals surface area contributed by atoms with Crippen LogP contribution in [0.4, 0.5) is 0 Å². The van der Waals surface area contributed by atoms with Crippen LogP contribution in [0.1, 0.15) is 43.4 Å². The Labute approximate surface area is 150 Å². The average molecular weight is 328 g/mol. The number of rotatable bonds is 5. The van der Waals surface area contributed by atoms with Crippen molar-refractivity contribution in [2.24, 2.45) is 0 Å². The molecule has 0 fully saturated rings. The van der Waals surface area contributed by atoms with Gasteiger partial charge in [0.25, 0.3) is 0 Å². The zero-order valence-corrected chi connectivity index (χ0v) is 15.0. The number of hydrogen-bond donors (Lipinski definition) is 0. The second-order valence-electron chi connectivity index (χ2n) is 6.27. The highest BCUT2D eigenvalue weighted by atomic mass is 16.5. The van der Waals surface area contributed by atoms with Crippen molar-refractivity contribution in [3.05, 3.63) is 77.4 Å². The third-order valence-corrected chi connectivity index (χ3v) is 4.13. The van der Waals surface area contributed by atoms with Gasteiger partial charge in [-0.25, -0.2) is 0 Å². The normalized spacial score (nSPS) is 10.3. The molecule has 0 radical (unpaired) electrons. The van der Waals surface area contributed by atoms with E-state index in [0.29, 0.717) is 0 Å². The molecule has 0 aromatic heterocycles. The lowest BCUT2D eigenvalue weighted by Gasteiger charge is -2.06. The topological polar surface area (TPSA) is 9.23 Å². The summed E-state index contributed by atoms with van der Waals surface area (Å²) in [6, 6.07) is 21.1. The molecule has 0 amide bonds. The molecule has 0 aliphatic carbocycles. The van der Waals surface area contributed by atoms with Gasteiger partial charge in [0.1, 0.15) is 5.75 Å². The molecule has 0 N–H and O–H groups in total. The Morgan fingerprint density at radius 2 is 1.40 bits per heavy atom. The molecular weight excluding hydrogens is 304 g/mol. The summed E-state index contributed by atoms with van der Waals surface area (Å²) in [5, 5.41) is 2.37. The summed E-state index contributed by atoms with van der Waals surface area (Å²) in [5.41, 5.74) is 3.47. The smallest absolute Gasteiger partial charge is 0.119 e. The van der Waals surface area contributed by atoms with Crippen molar-refractivity contribution in [1.29, 1.82) is 0 Å². The minimum absolute atomic E-state index is 0.756. The maximum Gasteiger partial charge on any atom is 0.119 e. The van der Waals surface area contributed by atoms with Crippen molar-refractivity contribution in [2.75, 3.05) is 6.61 Å². The van der Waals surface area contributed by atoms with Crippen molar-refractivity contribution >= 4 is 10.8 Å². The van der Waals surface area contributed by atoms with Gasteiger partial charge in [0.05, 0.1) is 6.61 Å². The molecule has 0 atom stereocenters. The summed E-state index contributed by atoms with van der Waals surface area (Å²) in [5.74, 6) is 7.46. The number of aryl methyl sites for hydroxylation is 1. The van der Waals surface area contributed by atoms with E-state index in [1.807, 2.05) is 6.07 Å². The third kappa shape index (κ3) is 4.64. The van der Waals surface area contributed by atoms with Crippen LogP contribution in [0, 0.1) is 11.8 Å². The van der Waals surface area contributed by atoms with E-state index in [9.17, 15) is 0 Å². The highest BCUT2D eigenvalue weighted by Crippen LogP contribution is 2.22. The Morgan fingerprint density at radius 3 is 2.16 bits per heavy atom. The van der Waals surface area contributed by atoms with E-state index in [1.165, 1.54) is 22.8 Å². The van der Waals surface area contributed by atoms with E-state index in [-0.39, 0.29) is 0 Å². The first-order valence-corrected chi connectivity index (χ1v) is 9.06. The molecule has 1 nitrogen and oxygen atoms in total. The van der Waals surface area contributed by atoms with Crippen LogP contribution < -0.4 is 4.74 Å². The first kappa shape index (κ1) is 17.1. The number of hydrogen-bond acceptors (Lipinski definition) is 1. The molecule has 0 aliphatic rings. The van der Waals surface area contributed by atoms with Crippen molar-refractivity contribution < 1.29 is 4.74 Å². The monoisotopic (exact) mass is 328 g/mol. The Hall–Kier alpha value is -2.72. The van der Waals surface area contributed by atoms with Gasteiger partial charge in [-0.3, -0.25) is 0 Å². The van der Waals surface area contributed by atoms with Crippen molar-refractivity contribution in [1.82, 2.24) is 0 Å². The Bertz CT molecular complexity index is 895. The van der Waals surface area contributed by atoms with Crippen molar-refractivity contribution in [2.45, 2.75) is 33.1 Å². The fourth-order valence-corrected chi connectivity index (χ4v) is 2.80. The van der Waals surface area contributed by atoms with Gasteiger partial charge in [0, 0.05) is 11.1 Å². The molecule has 0 saturated carbocycles. The molecule has 0 bridgehead atoms. The van der Waals surface area contributed by atoms with Gasteiger partial charge in [0.15, 0.2) is 0 Å². The summed E-state index contributed by atoms with van der Waals surface area (Å²) in [6.07, 6.45) is 3.32. The van der Waals surface area contributed by atoms with E-state index in [1.54, 1.807) is 0 Å². The largest absolute Gasteiger partial charge is 0.494 e. The van der Waals surface area contributed by atoms with E-state index in [2.05, 4.69) is 80.3 Å². The molecule has 3 aromatic rings. The maximum absolute atomic E-state index is 5.70. The third-order valence-electron chi connectivity index (χ3n) is 4.13. The van der Waals surface area contributed by atoms with E-state index in [0.717, 1.165) is 36.3 Å². The van der Waals surface area contributed by atoms with Crippen LogP contribution in [0.5, 0.6) is 5.75 Å². The molecule has 1 heteroatoms. The number of ether oxygens (including phenoxy) is 1. The molecule has 25 heavy (non-hydrogen) atoms. The summed E-state index contributed by atoms with van der Waals surface area (Å²) in [4.78, 5) is 0. The van der Waals surface area contributed by atoms with Gasteiger partial charge in [-0.15, -0.1) is 0 Å².